The van der Waals surface area contributed by atoms with Crippen LogP contribution in [0.15, 0.2) is 34.2 Å². The monoisotopic (exact) mass is 511 g/mol. The molecular formula is C23H21N5O5S2. The van der Waals surface area contributed by atoms with Gasteiger partial charge in [0.25, 0.3) is 5.19 Å². The molecule has 180 valence electrons. The van der Waals surface area contributed by atoms with Gasteiger partial charge in [0.15, 0.2) is 10.9 Å². The highest BCUT2D eigenvalue weighted by Gasteiger charge is 2.49. The summed E-state index contributed by atoms with van der Waals surface area (Å²) in [6, 6.07) is 5.64. The number of ether oxygens (including phenoxy) is 4. The van der Waals surface area contributed by atoms with Gasteiger partial charge in [0.05, 0.1) is 50.1 Å². The molecule has 5 aromatic rings. The van der Waals surface area contributed by atoms with Crippen LogP contribution in [0.5, 0.6) is 16.7 Å². The molecule has 0 N–H and O–H groups in total. The van der Waals surface area contributed by atoms with Crippen LogP contribution in [0.4, 0.5) is 5.13 Å². The van der Waals surface area contributed by atoms with Gasteiger partial charge in [0.1, 0.15) is 29.4 Å². The van der Waals surface area contributed by atoms with Gasteiger partial charge in [0.2, 0.25) is 4.96 Å². The number of rotatable bonds is 7. The summed E-state index contributed by atoms with van der Waals surface area (Å²) in [5, 5.41) is 8.81. The van der Waals surface area contributed by atoms with E-state index in [0.717, 1.165) is 47.5 Å². The van der Waals surface area contributed by atoms with E-state index in [0.29, 0.717) is 45.8 Å². The van der Waals surface area contributed by atoms with Crippen molar-refractivity contribution >= 4 is 43.7 Å². The summed E-state index contributed by atoms with van der Waals surface area (Å²) >= 11 is 3.01. The fourth-order valence-corrected chi connectivity index (χ4v) is 5.97. The van der Waals surface area contributed by atoms with Crippen molar-refractivity contribution < 1.29 is 23.4 Å². The molecule has 0 atom stereocenters. The molecule has 35 heavy (non-hydrogen) atoms. The Labute approximate surface area is 207 Å². The number of anilines is 1. The van der Waals surface area contributed by atoms with Crippen LogP contribution in [0.25, 0.3) is 27.4 Å². The van der Waals surface area contributed by atoms with Crippen molar-refractivity contribution in [2.24, 2.45) is 5.41 Å². The van der Waals surface area contributed by atoms with Crippen molar-refractivity contribution in [1.82, 2.24) is 19.6 Å². The normalized spacial score (nSPS) is 16.6. The Hall–Kier alpha value is -3.35. The third-order valence-electron chi connectivity index (χ3n) is 6.32. The Morgan fingerprint density at radius 2 is 2.00 bits per heavy atom. The first-order chi connectivity index (χ1) is 17.1. The van der Waals surface area contributed by atoms with Crippen molar-refractivity contribution in [3.63, 3.8) is 0 Å². The summed E-state index contributed by atoms with van der Waals surface area (Å²) in [6.07, 6.45) is 1.82. The highest BCUT2D eigenvalue weighted by molar-refractivity contribution is 7.18. The summed E-state index contributed by atoms with van der Waals surface area (Å²) in [4.78, 5) is 12.4. The van der Waals surface area contributed by atoms with Gasteiger partial charge in [-0.3, -0.25) is 0 Å². The van der Waals surface area contributed by atoms with Crippen LogP contribution in [0.2, 0.25) is 0 Å². The molecule has 0 unspecified atom stereocenters. The van der Waals surface area contributed by atoms with Crippen LogP contribution in [-0.2, 0) is 11.3 Å². The van der Waals surface area contributed by atoms with Crippen molar-refractivity contribution in [1.29, 1.82) is 0 Å². The Kier molecular flexibility index (Phi) is 4.69. The first-order valence-corrected chi connectivity index (χ1v) is 12.7. The van der Waals surface area contributed by atoms with E-state index >= 15 is 0 Å². The minimum absolute atomic E-state index is 0.352. The summed E-state index contributed by atoms with van der Waals surface area (Å²) in [6.45, 7) is 4.12. The maximum atomic E-state index is 6.20. The van der Waals surface area contributed by atoms with E-state index < -0.39 is 0 Å². The lowest BCUT2D eigenvalue weighted by Gasteiger charge is -2.54. The number of hydrogen-bond donors (Lipinski definition) is 0. The first kappa shape index (κ1) is 21.0. The van der Waals surface area contributed by atoms with Crippen molar-refractivity contribution in [3.05, 3.63) is 35.5 Å². The van der Waals surface area contributed by atoms with Crippen molar-refractivity contribution in [2.75, 3.05) is 45.4 Å². The molecule has 1 spiro atoms. The van der Waals surface area contributed by atoms with Gasteiger partial charge in [-0.1, -0.05) is 0 Å². The van der Waals surface area contributed by atoms with Crippen LogP contribution in [-0.4, -0.2) is 60.1 Å². The smallest absolute Gasteiger partial charge is 0.294 e. The van der Waals surface area contributed by atoms with Crippen LogP contribution in [0.1, 0.15) is 5.69 Å². The third-order valence-corrected chi connectivity index (χ3v) is 8.15. The lowest BCUT2D eigenvalue weighted by molar-refractivity contribution is -0.127. The number of hydrogen-bond acceptors (Lipinski definition) is 11. The van der Waals surface area contributed by atoms with Crippen LogP contribution in [0.3, 0.4) is 0 Å². The van der Waals surface area contributed by atoms with Gasteiger partial charge < -0.3 is 28.3 Å². The van der Waals surface area contributed by atoms with Gasteiger partial charge in [-0.05, 0) is 17.4 Å². The van der Waals surface area contributed by atoms with E-state index in [2.05, 4.69) is 20.4 Å². The molecule has 2 aliphatic heterocycles. The molecule has 2 fully saturated rings. The maximum absolute atomic E-state index is 6.20. The Bertz CT molecular complexity index is 1510. The second-order valence-electron chi connectivity index (χ2n) is 8.83. The summed E-state index contributed by atoms with van der Waals surface area (Å²) in [5.41, 5.74) is 2.59. The number of fused-ring (bicyclic) bond motifs is 2. The van der Waals surface area contributed by atoms with Crippen molar-refractivity contribution in [3.8, 4) is 28.1 Å². The molecule has 10 nitrogen and oxygen atoms in total. The molecule has 2 aliphatic rings. The molecule has 0 aliphatic carbocycles. The zero-order chi connectivity index (χ0) is 23.6. The molecule has 0 radical (unpaired) electrons. The predicted molar refractivity (Wildman–Crippen MR) is 131 cm³/mol. The largest absolute Gasteiger partial charge is 0.496 e. The minimum atomic E-state index is 0.352. The second-order valence-corrected chi connectivity index (χ2v) is 10.6. The number of thiazole rings is 1. The number of imidazole rings is 1. The fourth-order valence-electron chi connectivity index (χ4n) is 4.46. The highest BCUT2D eigenvalue weighted by Crippen LogP contribution is 2.41. The molecule has 12 heteroatoms. The number of aromatic nitrogens is 4. The fraction of sp³-hybridized carbons (Fsp3) is 0.348. The molecule has 0 bridgehead atoms. The maximum Gasteiger partial charge on any atom is 0.294 e. The quantitative estimate of drug-likeness (QED) is 0.320. The summed E-state index contributed by atoms with van der Waals surface area (Å²) < 4.78 is 30.0. The van der Waals surface area contributed by atoms with E-state index in [-0.39, 0.29) is 0 Å². The first-order valence-electron chi connectivity index (χ1n) is 11.0. The van der Waals surface area contributed by atoms with Gasteiger partial charge in [-0.2, -0.15) is 0 Å². The van der Waals surface area contributed by atoms with E-state index in [1.165, 1.54) is 11.3 Å². The average Bonchev–Trinajstić information content (AvgIpc) is 3.57. The Balaban J connectivity index is 1.13. The third kappa shape index (κ3) is 3.51. The Morgan fingerprint density at radius 3 is 2.74 bits per heavy atom. The summed E-state index contributed by atoms with van der Waals surface area (Å²) in [5.74, 6) is 1.94. The molecule has 6 heterocycles. The van der Waals surface area contributed by atoms with E-state index in [1.54, 1.807) is 30.1 Å². The predicted octanol–water partition coefficient (Wildman–Crippen LogP) is 4.09. The molecule has 1 aromatic carbocycles. The van der Waals surface area contributed by atoms with Gasteiger partial charge in [0, 0.05) is 30.6 Å². The van der Waals surface area contributed by atoms with Gasteiger partial charge >= 0.3 is 0 Å². The van der Waals surface area contributed by atoms with E-state index in [9.17, 15) is 0 Å². The molecule has 2 saturated heterocycles. The summed E-state index contributed by atoms with van der Waals surface area (Å²) in [7, 11) is 3.21. The highest BCUT2D eigenvalue weighted by atomic mass is 32.1. The second kappa shape index (κ2) is 7.83. The van der Waals surface area contributed by atoms with Crippen LogP contribution < -0.4 is 19.1 Å². The topological polar surface area (TPSA) is 96.4 Å². The lowest BCUT2D eigenvalue weighted by atomic mass is 9.78. The van der Waals surface area contributed by atoms with E-state index in [4.69, 9.17) is 28.3 Å². The zero-order valence-electron chi connectivity index (χ0n) is 19.0. The van der Waals surface area contributed by atoms with E-state index in [1.807, 2.05) is 24.4 Å². The van der Waals surface area contributed by atoms with Crippen LogP contribution >= 0.6 is 22.7 Å². The van der Waals surface area contributed by atoms with Crippen molar-refractivity contribution in [2.45, 2.75) is 6.61 Å². The number of furan rings is 1. The molecule has 0 saturated carbocycles. The average molecular weight is 512 g/mol. The molecular weight excluding hydrogens is 490 g/mol. The standard InChI is InChI=1S/C23H21N5O5S2/c1-29-14-3-17(32-7-13-8-34-20(24-13)27-9-23(10-27)11-31-12-23)15-5-19(33-18(15)4-14)16-6-28-21(25-16)35-22(26-28)30-2/h3-6,8H,7,9-12H2,1-2H3. The molecule has 7 rings (SSSR count). The van der Waals surface area contributed by atoms with Gasteiger partial charge in [-0.15, -0.1) is 16.4 Å². The lowest BCUT2D eigenvalue weighted by Crippen LogP contribution is -2.66. The zero-order valence-corrected chi connectivity index (χ0v) is 20.6. The Morgan fingerprint density at radius 1 is 1.11 bits per heavy atom. The van der Waals surface area contributed by atoms with Crippen LogP contribution in [0, 0.1) is 5.41 Å². The molecule has 4 aromatic heterocycles. The SMILES string of the molecule is COc1cc(OCc2csc(N3CC4(COC4)C3)n2)c2cc(-c3cn4nc(OC)sc4n3)oc2c1. The number of nitrogens with zero attached hydrogens (tertiary/aromatic N) is 5. The minimum Gasteiger partial charge on any atom is -0.496 e. The molecule has 0 amide bonds. The number of methoxy groups -OCH3 is 2. The number of benzene rings is 1. The van der Waals surface area contributed by atoms with Gasteiger partial charge in [-0.25, -0.2) is 14.5 Å².